The third-order valence-electron chi connectivity index (χ3n) is 3.96. The minimum atomic E-state index is 0.00315. The van der Waals surface area contributed by atoms with E-state index in [4.69, 9.17) is 9.47 Å². The fourth-order valence-corrected chi connectivity index (χ4v) is 2.88. The molecular formula is C19H25N3O3. The van der Waals surface area contributed by atoms with Crippen LogP contribution in [-0.4, -0.2) is 22.9 Å². The molecule has 134 valence electrons. The van der Waals surface area contributed by atoms with Crippen LogP contribution >= 0.6 is 0 Å². The summed E-state index contributed by atoms with van der Waals surface area (Å²) in [5, 5.41) is 10.6. The first-order valence-electron chi connectivity index (χ1n) is 8.71. The lowest BCUT2D eigenvalue weighted by atomic mass is 10.0. The average molecular weight is 343 g/mol. The fraction of sp³-hybridized carbons (Fsp3) is 0.474. The van der Waals surface area contributed by atoms with Crippen molar-refractivity contribution in [2.24, 2.45) is 11.8 Å². The highest BCUT2D eigenvalue weighted by Gasteiger charge is 2.21. The molecular weight excluding hydrogens is 318 g/mol. The van der Waals surface area contributed by atoms with E-state index in [9.17, 15) is 4.79 Å². The largest absolute Gasteiger partial charge is 0.454 e. The van der Waals surface area contributed by atoms with Crippen molar-refractivity contribution in [2.45, 2.75) is 40.5 Å². The monoisotopic (exact) mass is 343 g/mol. The summed E-state index contributed by atoms with van der Waals surface area (Å²) in [5.41, 5.74) is 3.32. The maximum Gasteiger partial charge on any atom is 0.231 e. The molecule has 0 radical (unpaired) electrons. The Balaban J connectivity index is 1.95. The number of hydrogen-bond acceptors (Lipinski definition) is 4. The van der Waals surface area contributed by atoms with Crippen molar-refractivity contribution in [3.05, 3.63) is 23.9 Å². The van der Waals surface area contributed by atoms with Crippen LogP contribution in [0.3, 0.4) is 0 Å². The predicted octanol–water partition coefficient (Wildman–Crippen LogP) is 3.99. The first-order chi connectivity index (χ1) is 11.9. The van der Waals surface area contributed by atoms with Gasteiger partial charge in [0.2, 0.25) is 12.7 Å². The average Bonchev–Trinajstić information content (AvgIpc) is 3.12. The van der Waals surface area contributed by atoms with Crippen LogP contribution in [0.1, 0.15) is 39.8 Å². The summed E-state index contributed by atoms with van der Waals surface area (Å²) in [6.45, 7) is 8.57. The highest BCUT2D eigenvalue weighted by molar-refractivity contribution is 5.95. The standard InChI is InChI=1S/C19H25N3O3/c1-11(2)7-14-19(20-17(23)8-12(3)4)18(22-21-14)13-5-6-15-16(9-13)25-10-24-15/h5-6,9,11-12H,7-8,10H2,1-4H3,(H,20,23)(H,21,22). The molecule has 1 amide bonds. The van der Waals surface area contributed by atoms with Gasteiger partial charge in [-0.05, 0) is 36.5 Å². The Labute approximate surface area is 147 Å². The van der Waals surface area contributed by atoms with Gasteiger partial charge in [0.15, 0.2) is 11.5 Å². The Kier molecular flexibility index (Phi) is 4.97. The van der Waals surface area contributed by atoms with Crippen LogP contribution in [0.4, 0.5) is 5.69 Å². The van der Waals surface area contributed by atoms with Crippen LogP contribution < -0.4 is 14.8 Å². The molecule has 0 bridgehead atoms. The number of nitrogens with one attached hydrogen (secondary N) is 2. The van der Waals surface area contributed by atoms with E-state index in [0.29, 0.717) is 24.0 Å². The molecule has 0 atom stereocenters. The molecule has 0 saturated carbocycles. The number of ether oxygens (including phenoxy) is 2. The van der Waals surface area contributed by atoms with Gasteiger partial charge in [0, 0.05) is 12.0 Å². The molecule has 0 unspecified atom stereocenters. The predicted molar refractivity (Wildman–Crippen MR) is 96.8 cm³/mol. The van der Waals surface area contributed by atoms with Gasteiger partial charge in [-0.3, -0.25) is 9.89 Å². The van der Waals surface area contributed by atoms with E-state index in [1.165, 1.54) is 0 Å². The number of carbonyl (C=O) groups excluding carboxylic acids is 1. The number of rotatable bonds is 6. The van der Waals surface area contributed by atoms with Crippen molar-refractivity contribution in [2.75, 3.05) is 12.1 Å². The van der Waals surface area contributed by atoms with E-state index in [-0.39, 0.29) is 12.7 Å². The van der Waals surface area contributed by atoms with Crippen molar-refractivity contribution in [3.8, 4) is 22.8 Å². The Hall–Kier alpha value is -2.50. The number of aromatic amines is 1. The lowest BCUT2D eigenvalue weighted by Gasteiger charge is -2.11. The van der Waals surface area contributed by atoms with Gasteiger partial charge in [0.1, 0.15) is 5.69 Å². The van der Waals surface area contributed by atoms with Gasteiger partial charge < -0.3 is 14.8 Å². The summed E-state index contributed by atoms with van der Waals surface area (Å²) in [4.78, 5) is 12.3. The van der Waals surface area contributed by atoms with Crippen LogP contribution in [0.5, 0.6) is 11.5 Å². The minimum Gasteiger partial charge on any atom is -0.454 e. The summed E-state index contributed by atoms with van der Waals surface area (Å²) in [5.74, 6) is 2.18. The van der Waals surface area contributed by atoms with Crippen molar-refractivity contribution in [1.82, 2.24) is 10.2 Å². The zero-order chi connectivity index (χ0) is 18.0. The molecule has 2 aromatic rings. The van der Waals surface area contributed by atoms with Gasteiger partial charge in [0.05, 0.1) is 11.4 Å². The summed E-state index contributed by atoms with van der Waals surface area (Å²) in [6, 6.07) is 5.70. The Morgan fingerprint density at radius 3 is 2.68 bits per heavy atom. The number of benzene rings is 1. The number of amides is 1. The number of hydrogen-bond donors (Lipinski definition) is 2. The molecule has 1 aromatic carbocycles. The first-order valence-corrected chi connectivity index (χ1v) is 8.71. The van der Waals surface area contributed by atoms with E-state index >= 15 is 0 Å². The van der Waals surface area contributed by atoms with Gasteiger partial charge in [0.25, 0.3) is 0 Å². The van der Waals surface area contributed by atoms with Gasteiger partial charge in [-0.1, -0.05) is 27.7 Å². The number of carbonyl (C=O) groups is 1. The molecule has 1 aromatic heterocycles. The van der Waals surface area contributed by atoms with E-state index < -0.39 is 0 Å². The molecule has 0 aliphatic carbocycles. The second-order valence-corrected chi connectivity index (χ2v) is 7.24. The van der Waals surface area contributed by atoms with Crippen molar-refractivity contribution >= 4 is 11.6 Å². The number of nitrogens with zero attached hydrogens (tertiary/aromatic N) is 1. The summed E-state index contributed by atoms with van der Waals surface area (Å²) in [7, 11) is 0. The molecule has 6 nitrogen and oxygen atoms in total. The molecule has 2 N–H and O–H groups in total. The molecule has 0 saturated heterocycles. The van der Waals surface area contributed by atoms with Gasteiger partial charge >= 0.3 is 0 Å². The topological polar surface area (TPSA) is 76.2 Å². The third-order valence-corrected chi connectivity index (χ3v) is 3.96. The second-order valence-electron chi connectivity index (χ2n) is 7.24. The quantitative estimate of drug-likeness (QED) is 0.831. The number of fused-ring (bicyclic) bond motifs is 1. The first kappa shape index (κ1) is 17.3. The van der Waals surface area contributed by atoms with Crippen LogP contribution in [0.15, 0.2) is 18.2 Å². The highest BCUT2D eigenvalue weighted by atomic mass is 16.7. The zero-order valence-electron chi connectivity index (χ0n) is 15.2. The fourth-order valence-electron chi connectivity index (χ4n) is 2.88. The van der Waals surface area contributed by atoms with E-state index in [1.807, 2.05) is 32.0 Å². The lowest BCUT2D eigenvalue weighted by Crippen LogP contribution is -2.15. The highest BCUT2D eigenvalue weighted by Crippen LogP contribution is 2.38. The van der Waals surface area contributed by atoms with Crippen LogP contribution in [0.2, 0.25) is 0 Å². The number of aromatic nitrogens is 2. The van der Waals surface area contributed by atoms with Gasteiger partial charge in [-0.25, -0.2) is 0 Å². The third kappa shape index (κ3) is 3.95. The maximum absolute atomic E-state index is 12.3. The smallest absolute Gasteiger partial charge is 0.231 e. The number of anilines is 1. The second kappa shape index (κ2) is 7.17. The number of H-pyrrole nitrogens is 1. The molecule has 3 rings (SSSR count). The SMILES string of the molecule is CC(C)CC(=O)Nc1c(-c2ccc3c(c2)OCO3)n[nH]c1CC(C)C. The normalized spacial score (nSPS) is 12.9. The Bertz CT molecular complexity index is 765. The molecule has 1 aliphatic heterocycles. The molecule has 0 fully saturated rings. The van der Waals surface area contributed by atoms with E-state index in [2.05, 4.69) is 29.4 Å². The minimum absolute atomic E-state index is 0.00315. The van der Waals surface area contributed by atoms with E-state index in [1.54, 1.807) is 0 Å². The zero-order valence-corrected chi connectivity index (χ0v) is 15.2. The van der Waals surface area contributed by atoms with Crippen molar-refractivity contribution in [1.29, 1.82) is 0 Å². The Morgan fingerprint density at radius 2 is 1.96 bits per heavy atom. The van der Waals surface area contributed by atoms with Crippen LogP contribution in [0.25, 0.3) is 11.3 Å². The van der Waals surface area contributed by atoms with Gasteiger partial charge in [-0.2, -0.15) is 5.10 Å². The molecule has 2 heterocycles. The molecule has 1 aliphatic rings. The summed E-state index contributed by atoms with van der Waals surface area (Å²) >= 11 is 0. The van der Waals surface area contributed by atoms with Crippen LogP contribution in [0, 0.1) is 11.8 Å². The van der Waals surface area contributed by atoms with Crippen LogP contribution in [-0.2, 0) is 11.2 Å². The molecule has 6 heteroatoms. The summed E-state index contributed by atoms with van der Waals surface area (Å²) in [6.07, 6.45) is 1.29. The molecule has 25 heavy (non-hydrogen) atoms. The van der Waals surface area contributed by atoms with Crippen molar-refractivity contribution < 1.29 is 14.3 Å². The maximum atomic E-state index is 12.3. The summed E-state index contributed by atoms with van der Waals surface area (Å²) < 4.78 is 10.8. The molecule has 0 spiro atoms. The van der Waals surface area contributed by atoms with Gasteiger partial charge in [-0.15, -0.1) is 0 Å². The lowest BCUT2D eigenvalue weighted by molar-refractivity contribution is -0.116. The van der Waals surface area contributed by atoms with E-state index in [0.717, 1.165) is 34.8 Å². The Morgan fingerprint density at radius 1 is 1.20 bits per heavy atom. The van der Waals surface area contributed by atoms with Crippen molar-refractivity contribution in [3.63, 3.8) is 0 Å².